The first-order chi connectivity index (χ1) is 12.8. The van der Waals surface area contributed by atoms with Gasteiger partial charge in [0, 0.05) is 49.1 Å². The Kier molecular flexibility index (Phi) is 4.31. The number of carbonyl (C=O) groups is 1. The molecule has 1 atom stereocenters. The smallest absolute Gasteiger partial charge is 0.322 e. The largest absolute Gasteiger partial charge is 0.497 e. The van der Waals surface area contributed by atoms with Crippen molar-refractivity contribution < 1.29 is 9.53 Å². The van der Waals surface area contributed by atoms with Crippen molar-refractivity contribution in [2.75, 3.05) is 19.0 Å². The predicted molar refractivity (Wildman–Crippen MR) is 99.2 cm³/mol. The number of aromatic nitrogens is 2. The molecule has 1 unspecified atom stereocenters. The Hall–Kier alpha value is -3.28. The molecule has 2 amide bonds. The van der Waals surface area contributed by atoms with Crippen molar-refractivity contribution in [3.63, 3.8) is 0 Å². The molecule has 1 aliphatic rings. The van der Waals surface area contributed by atoms with Gasteiger partial charge in [-0.25, -0.2) is 4.79 Å². The highest BCUT2D eigenvalue weighted by molar-refractivity contribution is 5.90. The predicted octanol–water partition coefficient (Wildman–Crippen LogP) is 3.53. The molecule has 0 saturated heterocycles. The molecule has 0 bridgehead atoms. The van der Waals surface area contributed by atoms with Crippen LogP contribution in [0.5, 0.6) is 5.75 Å². The zero-order valence-electron chi connectivity index (χ0n) is 14.5. The van der Waals surface area contributed by atoms with Gasteiger partial charge in [0.05, 0.1) is 7.11 Å². The van der Waals surface area contributed by atoms with Crippen LogP contribution in [0.4, 0.5) is 10.5 Å². The number of benzene rings is 1. The molecule has 26 heavy (non-hydrogen) atoms. The molecule has 1 N–H and O–H groups in total. The fourth-order valence-electron chi connectivity index (χ4n) is 3.39. The Balaban J connectivity index is 1.64. The van der Waals surface area contributed by atoms with Crippen LogP contribution in [-0.4, -0.2) is 34.1 Å². The van der Waals surface area contributed by atoms with Gasteiger partial charge in [-0.05, 0) is 35.9 Å². The van der Waals surface area contributed by atoms with E-state index in [9.17, 15) is 4.79 Å². The number of carbonyl (C=O) groups excluding carboxylic acids is 1. The van der Waals surface area contributed by atoms with Gasteiger partial charge in [0.25, 0.3) is 0 Å². The third-order valence-electron chi connectivity index (χ3n) is 4.62. The number of fused-ring (bicyclic) bond motifs is 1. The number of rotatable bonds is 3. The number of nitrogens with one attached hydrogen (secondary N) is 1. The van der Waals surface area contributed by atoms with Crippen LogP contribution in [0.1, 0.15) is 17.3 Å². The summed E-state index contributed by atoms with van der Waals surface area (Å²) >= 11 is 0. The highest BCUT2D eigenvalue weighted by atomic mass is 16.5. The molecule has 0 aliphatic carbocycles. The Labute approximate surface area is 152 Å². The first kappa shape index (κ1) is 16.2. The molecule has 0 saturated carbocycles. The van der Waals surface area contributed by atoms with Gasteiger partial charge >= 0.3 is 6.03 Å². The maximum atomic E-state index is 13.0. The summed E-state index contributed by atoms with van der Waals surface area (Å²) in [4.78, 5) is 19.1. The number of hydrogen-bond donors (Lipinski definition) is 1. The third kappa shape index (κ3) is 3.01. The van der Waals surface area contributed by atoms with Gasteiger partial charge in [-0.3, -0.25) is 4.98 Å². The lowest BCUT2D eigenvalue weighted by atomic mass is 10.0. The molecule has 0 fully saturated rings. The minimum atomic E-state index is -0.168. The van der Waals surface area contributed by atoms with E-state index in [0.29, 0.717) is 18.0 Å². The second kappa shape index (κ2) is 6.92. The second-order valence-electron chi connectivity index (χ2n) is 6.17. The van der Waals surface area contributed by atoms with Crippen molar-refractivity contribution in [3.05, 3.63) is 78.4 Å². The summed E-state index contributed by atoms with van der Waals surface area (Å²) in [5, 5.41) is 2.99. The minimum Gasteiger partial charge on any atom is -0.497 e. The van der Waals surface area contributed by atoms with Crippen LogP contribution in [0, 0.1) is 0 Å². The van der Waals surface area contributed by atoms with E-state index in [2.05, 4.69) is 27.1 Å². The Bertz CT molecular complexity index is 907. The molecule has 0 radical (unpaired) electrons. The molecule has 4 rings (SSSR count). The Morgan fingerprint density at radius 2 is 2.12 bits per heavy atom. The molecule has 0 spiro atoms. The van der Waals surface area contributed by atoms with E-state index in [1.807, 2.05) is 53.6 Å². The average Bonchev–Trinajstić information content (AvgIpc) is 3.16. The van der Waals surface area contributed by atoms with Gasteiger partial charge in [0.1, 0.15) is 11.8 Å². The maximum absolute atomic E-state index is 13.0. The fraction of sp³-hybridized carbons (Fsp3) is 0.200. The molecule has 3 aromatic rings. The van der Waals surface area contributed by atoms with E-state index < -0.39 is 0 Å². The number of ether oxygens (including phenoxy) is 1. The third-order valence-corrected chi connectivity index (χ3v) is 4.62. The summed E-state index contributed by atoms with van der Waals surface area (Å²) in [7, 11) is 1.61. The SMILES string of the molecule is COc1cccc(NC(=O)N2CCn3cccc3C2c2cccnc2)c1. The van der Waals surface area contributed by atoms with E-state index in [1.165, 1.54) is 0 Å². The number of amides is 2. The summed E-state index contributed by atoms with van der Waals surface area (Å²) < 4.78 is 7.42. The van der Waals surface area contributed by atoms with Crippen molar-refractivity contribution in [1.29, 1.82) is 0 Å². The van der Waals surface area contributed by atoms with Crippen molar-refractivity contribution in [2.24, 2.45) is 0 Å². The lowest BCUT2D eigenvalue weighted by Gasteiger charge is -2.37. The summed E-state index contributed by atoms with van der Waals surface area (Å²) in [5.74, 6) is 0.708. The van der Waals surface area contributed by atoms with Crippen LogP contribution in [0.25, 0.3) is 0 Å². The van der Waals surface area contributed by atoms with Gasteiger partial charge in [-0.2, -0.15) is 0 Å². The summed E-state index contributed by atoms with van der Waals surface area (Å²) in [6, 6.07) is 15.0. The number of nitrogens with zero attached hydrogens (tertiary/aromatic N) is 3. The lowest BCUT2D eigenvalue weighted by Crippen LogP contribution is -2.44. The average molecular weight is 348 g/mol. The van der Waals surface area contributed by atoms with Crippen LogP contribution in [0.15, 0.2) is 67.1 Å². The molecular weight excluding hydrogens is 328 g/mol. The quantitative estimate of drug-likeness (QED) is 0.788. The van der Waals surface area contributed by atoms with Crippen molar-refractivity contribution >= 4 is 11.7 Å². The van der Waals surface area contributed by atoms with Gasteiger partial charge in [-0.1, -0.05) is 12.1 Å². The Morgan fingerprint density at radius 3 is 2.92 bits per heavy atom. The van der Waals surface area contributed by atoms with Crippen molar-refractivity contribution in [1.82, 2.24) is 14.5 Å². The molecule has 132 valence electrons. The van der Waals surface area contributed by atoms with Crippen LogP contribution in [-0.2, 0) is 6.54 Å². The summed E-state index contributed by atoms with van der Waals surface area (Å²) in [6.07, 6.45) is 5.61. The van der Waals surface area contributed by atoms with Crippen LogP contribution >= 0.6 is 0 Å². The summed E-state index contributed by atoms with van der Waals surface area (Å²) in [5.41, 5.74) is 2.79. The van der Waals surface area contributed by atoms with E-state index in [-0.39, 0.29) is 12.1 Å². The van der Waals surface area contributed by atoms with E-state index in [4.69, 9.17) is 4.74 Å². The zero-order chi connectivity index (χ0) is 17.9. The number of anilines is 1. The molecule has 2 aromatic heterocycles. The van der Waals surface area contributed by atoms with Gasteiger partial charge in [0.2, 0.25) is 0 Å². The minimum absolute atomic E-state index is 0.139. The van der Waals surface area contributed by atoms with Crippen molar-refractivity contribution in [2.45, 2.75) is 12.6 Å². The number of methoxy groups -OCH3 is 1. The normalized spacial score (nSPS) is 16.0. The molecule has 6 nitrogen and oxygen atoms in total. The first-order valence-corrected chi connectivity index (χ1v) is 8.53. The zero-order valence-corrected chi connectivity index (χ0v) is 14.5. The molecule has 1 aromatic carbocycles. The second-order valence-corrected chi connectivity index (χ2v) is 6.17. The van der Waals surface area contributed by atoms with Crippen LogP contribution < -0.4 is 10.1 Å². The monoisotopic (exact) mass is 348 g/mol. The lowest BCUT2D eigenvalue weighted by molar-refractivity contribution is 0.181. The summed E-state index contributed by atoms with van der Waals surface area (Å²) in [6.45, 7) is 1.39. The van der Waals surface area contributed by atoms with Crippen LogP contribution in [0.3, 0.4) is 0 Å². The standard InChI is InChI=1S/C20H20N4O2/c1-26-17-7-2-6-16(13-17)22-20(25)24-12-11-23-10-4-8-18(23)19(24)15-5-3-9-21-14-15/h2-10,13-14,19H,11-12H2,1H3,(H,22,25). The Morgan fingerprint density at radius 1 is 1.19 bits per heavy atom. The van der Waals surface area contributed by atoms with E-state index >= 15 is 0 Å². The van der Waals surface area contributed by atoms with Gasteiger partial charge in [-0.15, -0.1) is 0 Å². The van der Waals surface area contributed by atoms with Crippen molar-refractivity contribution in [3.8, 4) is 5.75 Å². The molecule has 6 heteroatoms. The first-order valence-electron chi connectivity index (χ1n) is 8.53. The number of hydrogen-bond acceptors (Lipinski definition) is 3. The van der Waals surface area contributed by atoms with E-state index in [0.717, 1.165) is 17.8 Å². The van der Waals surface area contributed by atoms with E-state index in [1.54, 1.807) is 13.3 Å². The highest BCUT2D eigenvalue weighted by Gasteiger charge is 2.32. The topological polar surface area (TPSA) is 59.4 Å². The fourth-order valence-corrected chi connectivity index (χ4v) is 3.39. The molecular formula is C20H20N4O2. The van der Waals surface area contributed by atoms with Gasteiger partial charge < -0.3 is 19.5 Å². The van der Waals surface area contributed by atoms with Gasteiger partial charge in [0.15, 0.2) is 0 Å². The number of urea groups is 1. The highest BCUT2D eigenvalue weighted by Crippen LogP contribution is 2.32. The maximum Gasteiger partial charge on any atom is 0.322 e. The molecule has 3 heterocycles. The molecule has 1 aliphatic heterocycles. The number of pyridine rings is 1. The van der Waals surface area contributed by atoms with Crippen LogP contribution in [0.2, 0.25) is 0 Å².